The fourth-order valence-corrected chi connectivity index (χ4v) is 5.14. The third-order valence-electron chi connectivity index (χ3n) is 6.10. The number of carbonyl (C=O) groups excluding carboxylic acids is 2. The van der Waals surface area contributed by atoms with E-state index in [0.29, 0.717) is 6.42 Å². The number of aryl methyl sites for hydroxylation is 1. The van der Waals surface area contributed by atoms with Gasteiger partial charge in [0.05, 0.1) is 17.5 Å². The van der Waals surface area contributed by atoms with E-state index >= 15 is 0 Å². The number of anilines is 1. The van der Waals surface area contributed by atoms with Gasteiger partial charge in [0.2, 0.25) is 21.8 Å². The molecule has 2 aromatic carbocycles. The Morgan fingerprint density at radius 2 is 1.67 bits per heavy atom. The summed E-state index contributed by atoms with van der Waals surface area (Å²) in [5.74, 6) is -0.652. The standard InChI is InChI=1S/C28H38F3N3O4S/c1-7-24(26(36)32-27(3,4)5)33(19-21-13-9-8-12-20(21)2)25(35)16-11-17-34(39(6,37)38)23-15-10-14-22(18-23)28(29,30)31/h8-10,12-15,18,24H,7,11,16-17,19H2,1-6H3,(H,32,36)/t24-/m0/s1. The molecule has 0 aliphatic heterocycles. The van der Waals surface area contributed by atoms with Crippen LogP contribution in [0, 0.1) is 6.92 Å². The lowest BCUT2D eigenvalue weighted by Gasteiger charge is -2.33. The van der Waals surface area contributed by atoms with Crippen LogP contribution in [-0.2, 0) is 32.3 Å². The molecule has 216 valence electrons. The highest BCUT2D eigenvalue weighted by Crippen LogP contribution is 2.32. The second-order valence-electron chi connectivity index (χ2n) is 10.6. The van der Waals surface area contributed by atoms with Gasteiger partial charge in [-0.1, -0.05) is 37.3 Å². The molecule has 0 bridgehead atoms. The summed E-state index contributed by atoms with van der Waals surface area (Å²) in [5.41, 5.74) is 0.212. The van der Waals surface area contributed by atoms with E-state index in [9.17, 15) is 31.2 Å². The maximum atomic E-state index is 13.5. The van der Waals surface area contributed by atoms with Crippen LogP contribution in [0.5, 0.6) is 0 Å². The van der Waals surface area contributed by atoms with Gasteiger partial charge in [0, 0.05) is 25.0 Å². The van der Waals surface area contributed by atoms with Gasteiger partial charge in [-0.25, -0.2) is 8.42 Å². The normalized spacial score (nSPS) is 13.1. The van der Waals surface area contributed by atoms with Crippen molar-refractivity contribution in [1.82, 2.24) is 10.2 Å². The highest BCUT2D eigenvalue weighted by atomic mass is 32.2. The minimum absolute atomic E-state index is 0.0454. The molecule has 0 aliphatic rings. The maximum Gasteiger partial charge on any atom is 0.416 e. The van der Waals surface area contributed by atoms with Gasteiger partial charge in [-0.05, 0) is 69.9 Å². The van der Waals surface area contributed by atoms with Crippen molar-refractivity contribution in [1.29, 1.82) is 0 Å². The smallest absolute Gasteiger partial charge is 0.350 e. The lowest BCUT2D eigenvalue weighted by Crippen LogP contribution is -2.53. The third-order valence-corrected chi connectivity index (χ3v) is 7.29. The summed E-state index contributed by atoms with van der Waals surface area (Å²) in [7, 11) is -3.93. The summed E-state index contributed by atoms with van der Waals surface area (Å²) in [6.07, 6.45) is -3.42. The Kier molecular flexibility index (Phi) is 10.6. The van der Waals surface area contributed by atoms with Crippen LogP contribution in [0.1, 0.15) is 63.6 Å². The molecule has 1 atom stereocenters. The van der Waals surface area contributed by atoms with Crippen molar-refractivity contribution in [2.45, 2.75) is 78.2 Å². The fraction of sp³-hybridized carbons (Fsp3) is 0.500. The summed E-state index contributed by atoms with van der Waals surface area (Å²) in [6.45, 7) is 9.24. The van der Waals surface area contributed by atoms with E-state index in [1.54, 1.807) is 0 Å². The van der Waals surface area contributed by atoms with E-state index in [4.69, 9.17) is 0 Å². The summed E-state index contributed by atoms with van der Waals surface area (Å²) in [6, 6.07) is 10.8. The van der Waals surface area contributed by atoms with Crippen LogP contribution in [0.25, 0.3) is 0 Å². The first-order valence-corrected chi connectivity index (χ1v) is 14.6. The molecule has 0 radical (unpaired) electrons. The highest BCUT2D eigenvalue weighted by Gasteiger charge is 2.33. The number of rotatable bonds is 11. The van der Waals surface area contributed by atoms with Crippen LogP contribution < -0.4 is 9.62 Å². The Morgan fingerprint density at radius 3 is 2.21 bits per heavy atom. The average Bonchev–Trinajstić information content (AvgIpc) is 2.80. The van der Waals surface area contributed by atoms with Gasteiger partial charge in [-0.3, -0.25) is 13.9 Å². The summed E-state index contributed by atoms with van der Waals surface area (Å²) in [5, 5.41) is 2.93. The third kappa shape index (κ3) is 9.56. The predicted octanol–water partition coefficient (Wildman–Crippen LogP) is 5.28. The highest BCUT2D eigenvalue weighted by molar-refractivity contribution is 7.92. The first kappa shape index (κ1) is 32.1. The topological polar surface area (TPSA) is 86.8 Å². The van der Waals surface area contributed by atoms with Crippen molar-refractivity contribution in [2.24, 2.45) is 0 Å². The largest absolute Gasteiger partial charge is 0.416 e. The van der Waals surface area contributed by atoms with E-state index in [-0.39, 0.29) is 43.4 Å². The molecule has 11 heteroatoms. The lowest BCUT2D eigenvalue weighted by molar-refractivity contribution is -0.142. The number of halogens is 3. The van der Waals surface area contributed by atoms with E-state index in [2.05, 4.69) is 5.32 Å². The van der Waals surface area contributed by atoms with E-state index < -0.39 is 33.3 Å². The molecule has 2 amide bonds. The minimum atomic E-state index is -4.63. The van der Waals surface area contributed by atoms with Crippen LogP contribution in [0.2, 0.25) is 0 Å². The Balaban J connectivity index is 2.29. The SMILES string of the molecule is CC[C@@H](C(=O)NC(C)(C)C)N(Cc1ccccc1C)C(=O)CCCN(c1cccc(C(F)(F)F)c1)S(C)(=O)=O. The number of nitrogens with one attached hydrogen (secondary N) is 1. The summed E-state index contributed by atoms with van der Waals surface area (Å²) >= 11 is 0. The van der Waals surface area contributed by atoms with Crippen LogP contribution in [0.3, 0.4) is 0 Å². The number of amides is 2. The molecule has 2 rings (SSSR count). The number of sulfonamides is 1. The molecule has 1 N–H and O–H groups in total. The molecular formula is C28H38F3N3O4S. The zero-order chi connectivity index (χ0) is 29.6. The van der Waals surface area contributed by atoms with Gasteiger partial charge in [-0.15, -0.1) is 0 Å². The van der Waals surface area contributed by atoms with Gasteiger partial charge in [0.25, 0.3) is 0 Å². The molecule has 0 fully saturated rings. The molecule has 0 unspecified atom stereocenters. The van der Waals surface area contributed by atoms with Crippen LogP contribution >= 0.6 is 0 Å². The van der Waals surface area contributed by atoms with Crippen molar-refractivity contribution in [3.63, 3.8) is 0 Å². The molecule has 0 saturated heterocycles. The van der Waals surface area contributed by atoms with E-state index in [0.717, 1.165) is 39.9 Å². The van der Waals surface area contributed by atoms with Gasteiger partial charge < -0.3 is 10.2 Å². The summed E-state index contributed by atoms with van der Waals surface area (Å²) in [4.78, 5) is 28.1. The van der Waals surface area contributed by atoms with Crippen molar-refractivity contribution in [3.8, 4) is 0 Å². The quantitative estimate of drug-likeness (QED) is 0.399. The minimum Gasteiger partial charge on any atom is -0.350 e. The number of alkyl halides is 3. The zero-order valence-corrected chi connectivity index (χ0v) is 24.1. The fourth-order valence-electron chi connectivity index (χ4n) is 4.18. The zero-order valence-electron chi connectivity index (χ0n) is 23.3. The first-order valence-electron chi connectivity index (χ1n) is 12.7. The summed E-state index contributed by atoms with van der Waals surface area (Å²) < 4.78 is 65.4. The number of nitrogens with zero attached hydrogens (tertiary/aromatic N) is 2. The lowest BCUT2D eigenvalue weighted by atomic mass is 10.0. The predicted molar refractivity (Wildman–Crippen MR) is 147 cm³/mol. The van der Waals surface area contributed by atoms with Crippen molar-refractivity contribution in [3.05, 3.63) is 65.2 Å². The molecule has 0 aliphatic carbocycles. The second-order valence-corrected chi connectivity index (χ2v) is 12.5. The van der Waals surface area contributed by atoms with Crippen molar-refractivity contribution >= 4 is 27.5 Å². The van der Waals surface area contributed by atoms with Gasteiger partial charge in [-0.2, -0.15) is 13.2 Å². The Hall–Kier alpha value is -3.08. The van der Waals surface area contributed by atoms with Crippen molar-refractivity contribution in [2.75, 3.05) is 17.1 Å². The number of hydrogen-bond acceptors (Lipinski definition) is 4. The molecule has 0 spiro atoms. The molecule has 7 nitrogen and oxygen atoms in total. The Morgan fingerprint density at radius 1 is 1.03 bits per heavy atom. The van der Waals surface area contributed by atoms with E-state index in [1.165, 1.54) is 11.0 Å². The molecule has 2 aromatic rings. The molecule has 0 aromatic heterocycles. The average molecular weight is 570 g/mol. The first-order chi connectivity index (χ1) is 17.9. The van der Waals surface area contributed by atoms with Crippen LogP contribution in [0.4, 0.5) is 18.9 Å². The Bertz CT molecular complexity index is 1260. The van der Waals surface area contributed by atoms with Gasteiger partial charge in [0.1, 0.15) is 6.04 Å². The molecule has 0 saturated carbocycles. The maximum absolute atomic E-state index is 13.5. The van der Waals surface area contributed by atoms with Crippen molar-refractivity contribution < 1.29 is 31.2 Å². The van der Waals surface area contributed by atoms with E-state index in [1.807, 2.05) is 58.9 Å². The second kappa shape index (κ2) is 12.8. The number of carbonyl (C=O) groups is 2. The molecular weight excluding hydrogens is 531 g/mol. The molecule has 39 heavy (non-hydrogen) atoms. The van der Waals surface area contributed by atoms with Gasteiger partial charge in [0.15, 0.2) is 0 Å². The van der Waals surface area contributed by atoms with Crippen LogP contribution in [0.15, 0.2) is 48.5 Å². The van der Waals surface area contributed by atoms with Crippen LogP contribution in [-0.4, -0.2) is 49.5 Å². The Labute approximate surface area is 229 Å². The number of hydrogen-bond donors (Lipinski definition) is 1. The number of benzene rings is 2. The monoisotopic (exact) mass is 569 g/mol. The van der Waals surface area contributed by atoms with Gasteiger partial charge >= 0.3 is 6.18 Å². The molecule has 0 heterocycles.